The molecule has 0 spiro atoms. The molecule has 68 valence electrons. The van der Waals surface area contributed by atoms with E-state index in [0.29, 0.717) is 26.3 Å². The van der Waals surface area contributed by atoms with Gasteiger partial charge in [-0.15, -0.1) is 37.2 Å². The molecule has 0 heterocycles. The fourth-order valence-electron chi connectivity index (χ4n) is 0.269. The number of hydrogen-bond acceptors (Lipinski definition) is 3. The Morgan fingerprint density at radius 3 is 1.30 bits per heavy atom. The zero-order valence-corrected chi connectivity index (χ0v) is 8.07. The molecule has 4 N–H and O–H groups in total. The minimum absolute atomic E-state index is 0. The van der Waals surface area contributed by atoms with Gasteiger partial charge in [0.25, 0.3) is 0 Å². The minimum Gasteiger partial charge on any atom is -0.379 e. The second kappa shape index (κ2) is 22.6. The van der Waals surface area contributed by atoms with E-state index in [1.54, 1.807) is 0 Å². The predicted molar refractivity (Wildman–Crippen MR) is 50.7 cm³/mol. The van der Waals surface area contributed by atoms with Crippen molar-refractivity contribution in [2.24, 2.45) is 11.5 Å². The maximum atomic E-state index is 5.10. The Hall–Kier alpha value is 0.750. The Morgan fingerprint density at radius 2 is 1.10 bits per heavy atom. The molecule has 0 aromatic rings. The minimum atomic E-state index is 0. The Balaban J connectivity index is -0.0000000600. The normalized spacial score (nSPS) is 6.60. The maximum absolute atomic E-state index is 5.10. The molecule has 6 heteroatoms. The highest BCUT2D eigenvalue weighted by molar-refractivity contribution is 5.86. The summed E-state index contributed by atoms with van der Waals surface area (Å²) in [6, 6.07) is 0. The first-order chi connectivity index (χ1) is 3.41. The van der Waals surface area contributed by atoms with Crippen LogP contribution in [0.25, 0.3) is 0 Å². The molecule has 0 unspecified atom stereocenters. The lowest BCUT2D eigenvalue weighted by Crippen LogP contribution is -2.13. The largest absolute Gasteiger partial charge is 0.379 e. The third-order valence-corrected chi connectivity index (χ3v) is 0.524. The fraction of sp³-hybridized carbons (Fsp3) is 1.00. The molecule has 0 fully saturated rings. The van der Waals surface area contributed by atoms with Gasteiger partial charge in [0, 0.05) is 13.1 Å². The Morgan fingerprint density at radius 1 is 0.800 bits per heavy atom. The molecule has 0 aliphatic rings. The lowest BCUT2D eigenvalue weighted by molar-refractivity contribution is 0.149. The van der Waals surface area contributed by atoms with E-state index in [1.165, 1.54) is 0 Å². The van der Waals surface area contributed by atoms with E-state index < -0.39 is 0 Å². The summed E-state index contributed by atoms with van der Waals surface area (Å²) in [4.78, 5) is 0. The van der Waals surface area contributed by atoms with Crippen LogP contribution in [-0.4, -0.2) is 26.3 Å². The van der Waals surface area contributed by atoms with Crippen molar-refractivity contribution < 1.29 is 4.74 Å². The molecule has 0 amide bonds. The van der Waals surface area contributed by atoms with Gasteiger partial charge in [0.05, 0.1) is 13.2 Å². The Bertz CT molecular complexity index is 37.7. The molecule has 0 atom stereocenters. The zero-order valence-electron chi connectivity index (χ0n) is 5.62. The van der Waals surface area contributed by atoms with Gasteiger partial charge in [0.1, 0.15) is 0 Å². The summed E-state index contributed by atoms with van der Waals surface area (Å²) in [5.74, 6) is 0. The molecule has 0 bridgehead atoms. The van der Waals surface area contributed by atoms with Crippen molar-refractivity contribution in [3.8, 4) is 0 Å². The van der Waals surface area contributed by atoms with Gasteiger partial charge in [-0.25, -0.2) is 0 Å². The Kier molecular flexibility index (Phi) is 50.6. The standard InChI is InChI=1S/C4H12N2O.3ClH/c5-1-3-7-4-2-6;;;/h1-6H2;3*1H. The predicted octanol–water partition coefficient (Wildman–Crippen LogP) is 0.186. The van der Waals surface area contributed by atoms with Gasteiger partial charge in [0.15, 0.2) is 0 Å². The number of ether oxygens (including phenoxy) is 1. The van der Waals surface area contributed by atoms with Crippen LogP contribution in [0.4, 0.5) is 0 Å². The fourth-order valence-corrected chi connectivity index (χ4v) is 0.269. The Labute approximate surface area is 80.1 Å². The summed E-state index contributed by atoms with van der Waals surface area (Å²) in [7, 11) is 0. The van der Waals surface area contributed by atoms with Gasteiger partial charge in [0.2, 0.25) is 0 Å². The summed E-state index contributed by atoms with van der Waals surface area (Å²) < 4.78 is 4.88. The lowest BCUT2D eigenvalue weighted by Gasteiger charge is -1.95. The highest BCUT2D eigenvalue weighted by Crippen LogP contribution is 1.65. The van der Waals surface area contributed by atoms with Crippen LogP contribution in [0, 0.1) is 0 Å². The molecule has 0 rings (SSSR count). The number of hydrogen-bond donors (Lipinski definition) is 2. The highest BCUT2D eigenvalue weighted by Gasteiger charge is 1.77. The smallest absolute Gasteiger partial charge is 0.0589 e. The summed E-state index contributed by atoms with van der Waals surface area (Å²) in [6.07, 6.45) is 0. The first-order valence-corrected chi connectivity index (χ1v) is 2.39. The van der Waals surface area contributed by atoms with Gasteiger partial charge < -0.3 is 16.2 Å². The van der Waals surface area contributed by atoms with Crippen molar-refractivity contribution in [2.75, 3.05) is 26.3 Å². The molecule has 0 aromatic heterocycles. The second-order valence-electron chi connectivity index (χ2n) is 1.19. The van der Waals surface area contributed by atoms with Crippen molar-refractivity contribution in [3.05, 3.63) is 0 Å². The molecular formula is C4H15Cl3N2O. The van der Waals surface area contributed by atoms with Crippen LogP contribution >= 0.6 is 37.2 Å². The van der Waals surface area contributed by atoms with E-state index in [-0.39, 0.29) is 37.2 Å². The summed E-state index contributed by atoms with van der Waals surface area (Å²) in [5, 5.41) is 0. The third-order valence-electron chi connectivity index (χ3n) is 0.524. The molecule has 0 saturated carbocycles. The van der Waals surface area contributed by atoms with Gasteiger partial charge in [-0.2, -0.15) is 0 Å². The van der Waals surface area contributed by atoms with E-state index in [2.05, 4.69) is 0 Å². The van der Waals surface area contributed by atoms with Gasteiger partial charge in [-0.3, -0.25) is 0 Å². The summed E-state index contributed by atoms with van der Waals surface area (Å²) in [5.41, 5.74) is 10.2. The zero-order chi connectivity index (χ0) is 5.54. The van der Waals surface area contributed by atoms with Crippen LogP contribution in [0.5, 0.6) is 0 Å². The molecule has 0 aliphatic carbocycles. The summed E-state index contributed by atoms with van der Waals surface area (Å²) in [6.45, 7) is 2.41. The molecule has 0 radical (unpaired) electrons. The van der Waals surface area contributed by atoms with Crippen LogP contribution in [0.3, 0.4) is 0 Å². The maximum Gasteiger partial charge on any atom is 0.0589 e. The van der Waals surface area contributed by atoms with E-state index in [9.17, 15) is 0 Å². The van der Waals surface area contributed by atoms with Crippen molar-refractivity contribution in [1.29, 1.82) is 0 Å². The first kappa shape index (κ1) is 22.4. The topological polar surface area (TPSA) is 61.3 Å². The van der Waals surface area contributed by atoms with Crippen molar-refractivity contribution in [2.45, 2.75) is 0 Å². The van der Waals surface area contributed by atoms with E-state index in [4.69, 9.17) is 16.2 Å². The van der Waals surface area contributed by atoms with Gasteiger partial charge in [-0.1, -0.05) is 0 Å². The van der Waals surface area contributed by atoms with E-state index in [0.717, 1.165) is 0 Å². The van der Waals surface area contributed by atoms with Crippen molar-refractivity contribution in [3.63, 3.8) is 0 Å². The molecule has 0 aliphatic heterocycles. The summed E-state index contributed by atoms with van der Waals surface area (Å²) >= 11 is 0. The van der Waals surface area contributed by atoms with Crippen LogP contribution in [0.1, 0.15) is 0 Å². The molecular weight excluding hydrogens is 198 g/mol. The highest BCUT2D eigenvalue weighted by atomic mass is 35.5. The molecule has 0 aromatic carbocycles. The lowest BCUT2D eigenvalue weighted by atomic mass is 10.7. The SMILES string of the molecule is Cl.Cl.Cl.NCCOCCN. The number of halogens is 3. The average Bonchev–Trinajstić information content (AvgIpc) is 1.69. The van der Waals surface area contributed by atoms with Crippen molar-refractivity contribution >= 4 is 37.2 Å². The van der Waals surface area contributed by atoms with Crippen LogP contribution in [0.15, 0.2) is 0 Å². The molecule has 3 nitrogen and oxygen atoms in total. The van der Waals surface area contributed by atoms with E-state index in [1.807, 2.05) is 0 Å². The average molecular weight is 214 g/mol. The second-order valence-corrected chi connectivity index (χ2v) is 1.19. The molecule has 0 saturated heterocycles. The van der Waals surface area contributed by atoms with Crippen LogP contribution in [-0.2, 0) is 4.74 Å². The van der Waals surface area contributed by atoms with Gasteiger partial charge in [-0.05, 0) is 0 Å². The first-order valence-electron chi connectivity index (χ1n) is 2.39. The quantitative estimate of drug-likeness (QED) is 0.655. The molecule has 10 heavy (non-hydrogen) atoms. The van der Waals surface area contributed by atoms with Crippen LogP contribution < -0.4 is 11.5 Å². The third kappa shape index (κ3) is 23.3. The number of rotatable bonds is 4. The van der Waals surface area contributed by atoms with Crippen LogP contribution in [0.2, 0.25) is 0 Å². The van der Waals surface area contributed by atoms with E-state index >= 15 is 0 Å². The van der Waals surface area contributed by atoms with Crippen molar-refractivity contribution in [1.82, 2.24) is 0 Å². The van der Waals surface area contributed by atoms with Gasteiger partial charge >= 0.3 is 0 Å². The monoisotopic (exact) mass is 212 g/mol. The number of nitrogens with two attached hydrogens (primary N) is 2.